The quantitative estimate of drug-likeness (QED) is 0.654. The molecule has 0 bridgehead atoms. The van der Waals surface area contributed by atoms with Crippen molar-refractivity contribution in [2.24, 2.45) is 0 Å². The summed E-state index contributed by atoms with van der Waals surface area (Å²) in [5.41, 5.74) is 0.900. The smallest absolute Gasteiger partial charge is 0.269 e. The van der Waals surface area contributed by atoms with Crippen molar-refractivity contribution in [1.29, 1.82) is 0 Å². The number of non-ortho nitro benzene ring substituents is 1. The first kappa shape index (κ1) is 16.2. The molecule has 0 aliphatic heterocycles. The van der Waals surface area contributed by atoms with Gasteiger partial charge in [0.1, 0.15) is 0 Å². The molecule has 23 heavy (non-hydrogen) atoms. The van der Waals surface area contributed by atoms with Gasteiger partial charge in [0.15, 0.2) is 0 Å². The van der Waals surface area contributed by atoms with E-state index < -0.39 is 10.8 Å². The Balaban J connectivity index is 2.20. The lowest BCUT2D eigenvalue weighted by molar-refractivity contribution is -0.384. The molecule has 0 heterocycles. The Hall–Kier alpha value is -3.22. The molecule has 2 rings (SSSR count). The third kappa shape index (κ3) is 3.91. The first-order chi connectivity index (χ1) is 11.0. The van der Waals surface area contributed by atoms with Crippen molar-refractivity contribution in [2.75, 3.05) is 11.9 Å². The molecule has 2 N–H and O–H groups in total. The van der Waals surface area contributed by atoms with Gasteiger partial charge in [-0.15, -0.1) is 0 Å². The van der Waals surface area contributed by atoms with Crippen molar-refractivity contribution in [1.82, 2.24) is 5.32 Å². The molecule has 7 heteroatoms. The van der Waals surface area contributed by atoms with Gasteiger partial charge in [-0.3, -0.25) is 19.7 Å². The molecular weight excluding hydrogens is 298 g/mol. The van der Waals surface area contributed by atoms with Crippen LogP contribution in [-0.4, -0.2) is 23.3 Å². The van der Waals surface area contributed by atoms with Crippen LogP contribution < -0.4 is 10.6 Å². The molecule has 0 unspecified atom stereocenters. The summed E-state index contributed by atoms with van der Waals surface area (Å²) in [4.78, 5) is 34.3. The van der Waals surface area contributed by atoms with Crippen molar-refractivity contribution < 1.29 is 14.5 Å². The molecule has 0 aromatic heterocycles. The highest BCUT2D eigenvalue weighted by Crippen LogP contribution is 2.17. The van der Waals surface area contributed by atoms with E-state index in [2.05, 4.69) is 10.6 Å². The van der Waals surface area contributed by atoms with Crippen LogP contribution in [0.3, 0.4) is 0 Å². The number of benzene rings is 2. The molecule has 0 saturated carbocycles. The van der Waals surface area contributed by atoms with Crippen LogP contribution in [0, 0.1) is 10.1 Å². The Labute approximate surface area is 132 Å². The van der Waals surface area contributed by atoms with Crippen LogP contribution in [-0.2, 0) is 0 Å². The maximum atomic E-state index is 12.2. The summed E-state index contributed by atoms with van der Waals surface area (Å²) in [6.45, 7) is 2.28. The molecule has 0 aliphatic rings. The van der Waals surface area contributed by atoms with Crippen molar-refractivity contribution >= 4 is 23.2 Å². The normalized spacial score (nSPS) is 9.96. The van der Waals surface area contributed by atoms with Gasteiger partial charge >= 0.3 is 0 Å². The highest BCUT2D eigenvalue weighted by molar-refractivity contribution is 6.09. The van der Waals surface area contributed by atoms with Crippen LogP contribution in [0.1, 0.15) is 27.6 Å². The predicted octanol–water partition coefficient (Wildman–Crippen LogP) is 2.60. The number of carbonyl (C=O) groups is 2. The Morgan fingerprint density at radius 1 is 1.04 bits per heavy atom. The summed E-state index contributed by atoms with van der Waals surface area (Å²) in [6.07, 6.45) is 0. The summed E-state index contributed by atoms with van der Waals surface area (Å²) >= 11 is 0. The zero-order chi connectivity index (χ0) is 16.8. The molecule has 118 valence electrons. The fourth-order valence-corrected chi connectivity index (χ4v) is 1.97. The second-order valence-electron chi connectivity index (χ2n) is 4.66. The van der Waals surface area contributed by atoms with E-state index in [4.69, 9.17) is 0 Å². The molecule has 2 amide bonds. The van der Waals surface area contributed by atoms with E-state index in [9.17, 15) is 19.7 Å². The molecule has 2 aromatic carbocycles. The van der Waals surface area contributed by atoms with E-state index in [0.717, 1.165) is 0 Å². The summed E-state index contributed by atoms with van der Waals surface area (Å²) in [5.74, 6) is -0.733. The lowest BCUT2D eigenvalue weighted by Gasteiger charge is -2.10. The lowest BCUT2D eigenvalue weighted by atomic mass is 10.1. The monoisotopic (exact) mass is 313 g/mol. The number of hydrogen-bond acceptors (Lipinski definition) is 4. The number of carbonyl (C=O) groups excluding carboxylic acids is 2. The number of nitrogens with zero attached hydrogens (tertiary/aromatic N) is 1. The van der Waals surface area contributed by atoms with Crippen LogP contribution in [0.5, 0.6) is 0 Å². The van der Waals surface area contributed by atoms with E-state index in [1.165, 1.54) is 24.3 Å². The number of para-hydroxylation sites is 1. The van der Waals surface area contributed by atoms with Crippen LogP contribution in [0.25, 0.3) is 0 Å². The number of nitro benzene ring substituents is 1. The number of hydrogen-bond donors (Lipinski definition) is 2. The molecule has 0 fully saturated rings. The summed E-state index contributed by atoms with van der Waals surface area (Å²) in [5, 5.41) is 15.9. The maximum Gasteiger partial charge on any atom is 0.269 e. The van der Waals surface area contributed by atoms with E-state index in [-0.39, 0.29) is 17.2 Å². The average Bonchev–Trinajstić information content (AvgIpc) is 2.55. The topological polar surface area (TPSA) is 101 Å². The number of nitro groups is 1. The predicted molar refractivity (Wildman–Crippen MR) is 85.5 cm³/mol. The molecular formula is C16H15N3O4. The minimum Gasteiger partial charge on any atom is -0.352 e. The molecule has 0 atom stereocenters. The molecule has 0 saturated heterocycles. The summed E-state index contributed by atoms with van der Waals surface area (Å²) < 4.78 is 0. The molecule has 7 nitrogen and oxygen atoms in total. The van der Waals surface area contributed by atoms with Crippen LogP contribution >= 0.6 is 0 Å². The van der Waals surface area contributed by atoms with Gasteiger partial charge in [-0.1, -0.05) is 12.1 Å². The lowest BCUT2D eigenvalue weighted by Crippen LogP contribution is -2.24. The third-order valence-electron chi connectivity index (χ3n) is 3.10. The highest BCUT2D eigenvalue weighted by Gasteiger charge is 2.14. The fourth-order valence-electron chi connectivity index (χ4n) is 1.97. The van der Waals surface area contributed by atoms with Gasteiger partial charge in [0.25, 0.3) is 17.5 Å². The summed E-state index contributed by atoms with van der Waals surface area (Å²) in [6, 6.07) is 11.9. The van der Waals surface area contributed by atoms with Crippen LogP contribution in [0.2, 0.25) is 0 Å². The van der Waals surface area contributed by atoms with E-state index in [1.54, 1.807) is 31.2 Å². The Kier molecular flexibility index (Phi) is 5.03. The second kappa shape index (κ2) is 7.17. The number of nitrogens with one attached hydrogen (secondary N) is 2. The standard InChI is InChI=1S/C16H15N3O4/c1-2-17-16(21)13-5-3-4-6-14(13)18-15(20)11-7-9-12(10-8-11)19(22)23/h3-10H,2H2,1H3,(H,17,21)(H,18,20). The molecule has 0 radical (unpaired) electrons. The fraction of sp³-hybridized carbons (Fsp3) is 0.125. The first-order valence-electron chi connectivity index (χ1n) is 6.96. The molecule has 0 aliphatic carbocycles. The maximum absolute atomic E-state index is 12.2. The average molecular weight is 313 g/mol. The Morgan fingerprint density at radius 3 is 2.30 bits per heavy atom. The van der Waals surface area contributed by atoms with Gasteiger partial charge in [-0.05, 0) is 31.2 Å². The van der Waals surface area contributed by atoms with Gasteiger partial charge in [-0.25, -0.2) is 0 Å². The third-order valence-corrected chi connectivity index (χ3v) is 3.10. The highest BCUT2D eigenvalue weighted by atomic mass is 16.6. The largest absolute Gasteiger partial charge is 0.352 e. The zero-order valence-corrected chi connectivity index (χ0v) is 12.4. The van der Waals surface area contributed by atoms with Crippen LogP contribution in [0.4, 0.5) is 11.4 Å². The SMILES string of the molecule is CCNC(=O)c1ccccc1NC(=O)c1ccc([N+](=O)[O-])cc1. The van der Waals surface area contributed by atoms with Gasteiger partial charge in [0, 0.05) is 24.2 Å². The first-order valence-corrected chi connectivity index (χ1v) is 6.96. The van der Waals surface area contributed by atoms with Crippen LogP contribution in [0.15, 0.2) is 48.5 Å². The number of amides is 2. The van der Waals surface area contributed by atoms with E-state index in [0.29, 0.717) is 17.8 Å². The van der Waals surface area contributed by atoms with Crippen molar-refractivity contribution in [3.05, 3.63) is 69.8 Å². The Bertz CT molecular complexity index is 741. The van der Waals surface area contributed by atoms with Crippen molar-refractivity contribution in [2.45, 2.75) is 6.92 Å². The van der Waals surface area contributed by atoms with Crippen molar-refractivity contribution in [3.8, 4) is 0 Å². The summed E-state index contributed by atoms with van der Waals surface area (Å²) in [7, 11) is 0. The van der Waals surface area contributed by atoms with Gasteiger partial charge < -0.3 is 10.6 Å². The number of anilines is 1. The minimum absolute atomic E-state index is 0.0933. The molecule has 0 spiro atoms. The number of rotatable bonds is 5. The Morgan fingerprint density at radius 2 is 1.70 bits per heavy atom. The van der Waals surface area contributed by atoms with E-state index >= 15 is 0 Å². The molecule has 2 aromatic rings. The van der Waals surface area contributed by atoms with Crippen molar-refractivity contribution in [3.63, 3.8) is 0 Å². The second-order valence-corrected chi connectivity index (χ2v) is 4.66. The van der Waals surface area contributed by atoms with Gasteiger partial charge in [0.2, 0.25) is 0 Å². The van der Waals surface area contributed by atoms with E-state index in [1.807, 2.05) is 0 Å². The van der Waals surface area contributed by atoms with Gasteiger partial charge in [0.05, 0.1) is 16.2 Å². The van der Waals surface area contributed by atoms with Gasteiger partial charge in [-0.2, -0.15) is 0 Å². The minimum atomic E-state index is -0.536. The zero-order valence-electron chi connectivity index (χ0n) is 12.4.